The molecule has 5 rings (SSSR count). The van der Waals surface area contributed by atoms with Gasteiger partial charge in [0.05, 0.1) is 29.2 Å². The first-order valence-corrected chi connectivity index (χ1v) is 11.7. The maximum absolute atomic E-state index is 11.6. The Labute approximate surface area is 214 Å². The van der Waals surface area contributed by atoms with Crippen molar-refractivity contribution < 1.29 is 40.1 Å². The molecule has 3 aromatic heterocycles. The fourth-order valence-electron chi connectivity index (χ4n) is 3.86. The van der Waals surface area contributed by atoms with Gasteiger partial charge in [0, 0.05) is 12.6 Å². The molecule has 0 unspecified atom stereocenters. The highest BCUT2D eigenvalue weighted by Crippen LogP contribution is 2.32. The van der Waals surface area contributed by atoms with E-state index in [1.54, 1.807) is 22.6 Å². The van der Waals surface area contributed by atoms with Crippen molar-refractivity contribution in [2.75, 3.05) is 13.2 Å². The number of hydrogen-bond donors (Lipinski definition) is 7. The summed E-state index contributed by atoms with van der Waals surface area (Å²) in [7, 11) is 0. The van der Waals surface area contributed by atoms with Crippen molar-refractivity contribution >= 4 is 33.8 Å². The van der Waals surface area contributed by atoms with Gasteiger partial charge in [-0.2, -0.15) is 4.98 Å². The Hall–Kier alpha value is -2.52. The number of rotatable bonds is 4. The third-order valence-corrected chi connectivity index (χ3v) is 6.52. The van der Waals surface area contributed by atoms with E-state index < -0.39 is 60.8 Å². The number of imidazole rings is 1. The minimum Gasteiger partial charge on any atom is -0.492 e. The lowest BCUT2D eigenvalue weighted by Crippen LogP contribution is -2.33. The highest BCUT2D eigenvalue weighted by atomic mass is 127. The second-order valence-corrected chi connectivity index (χ2v) is 9.17. The minimum atomic E-state index is -1.23. The van der Waals surface area contributed by atoms with E-state index >= 15 is 0 Å². The molecule has 2 aliphatic heterocycles. The molecule has 5 heterocycles. The molecule has 7 atom stereocenters. The molecule has 196 valence electrons. The number of nitrogens with one attached hydrogen (secondary N) is 1. The van der Waals surface area contributed by atoms with Crippen LogP contribution in [-0.4, -0.2) is 103 Å². The Kier molecular flexibility index (Phi) is 7.99. The fourth-order valence-corrected chi connectivity index (χ4v) is 4.30. The predicted octanol–water partition coefficient (Wildman–Crippen LogP) is -3.07. The van der Waals surface area contributed by atoms with Crippen LogP contribution in [0, 0.1) is 3.57 Å². The topological polar surface area (TPSA) is 238 Å². The molecule has 3 aromatic rings. The van der Waals surface area contributed by atoms with Gasteiger partial charge in [-0.25, -0.2) is 14.8 Å². The molecule has 0 bridgehead atoms. The van der Waals surface area contributed by atoms with Crippen LogP contribution in [-0.2, 0) is 9.47 Å². The van der Waals surface area contributed by atoms with Crippen LogP contribution in [0.1, 0.15) is 18.9 Å². The predicted molar refractivity (Wildman–Crippen MR) is 126 cm³/mol. The normalized spacial score (nSPS) is 29.9. The zero-order valence-corrected chi connectivity index (χ0v) is 20.5. The van der Waals surface area contributed by atoms with E-state index in [-0.39, 0.29) is 30.1 Å². The van der Waals surface area contributed by atoms with Crippen LogP contribution < -0.4 is 11.2 Å². The number of fused-ring (bicyclic) bond motifs is 1. The highest BCUT2D eigenvalue weighted by molar-refractivity contribution is 14.1. The van der Waals surface area contributed by atoms with E-state index in [2.05, 4.69) is 19.9 Å². The minimum absolute atomic E-state index is 0.167. The van der Waals surface area contributed by atoms with Crippen molar-refractivity contribution in [3.8, 4) is 5.88 Å². The number of aliphatic hydroxyl groups excluding tert-OH is 5. The maximum atomic E-state index is 11.6. The van der Waals surface area contributed by atoms with Crippen molar-refractivity contribution in [2.24, 2.45) is 0 Å². The summed E-state index contributed by atoms with van der Waals surface area (Å²) in [6, 6.07) is 0. The molecule has 7 N–H and O–H groups in total. The first-order chi connectivity index (χ1) is 17.2. The molecule has 17 heteroatoms. The molecule has 2 aliphatic rings. The molecule has 0 aromatic carbocycles. The van der Waals surface area contributed by atoms with Gasteiger partial charge in [-0.3, -0.25) is 18.9 Å². The quantitative estimate of drug-likeness (QED) is 0.143. The van der Waals surface area contributed by atoms with Gasteiger partial charge in [-0.15, -0.1) is 0 Å². The van der Waals surface area contributed by atoms with Crippen molar-refractivity contribution in [1.29, 1.82) is 0 Å². The highest BCUT2D eigenvalue weighted by Gasteiger charge is 2.44. The number of halogens is 1. The summed E-state index contributed by atoms with van der Waals surface area (Å²) >= 11 is 1.80. The Morgan fingerprint density at radius 3 is 2.39 bits per heavy atom. The number of aromatic nitrogens is 6. The number of hydrogen-bond acceptors (Lipinski definition) is 13. The summed E-state index contributed by atoms with van der Waals surface area (Å²) in [5.41, 5.74) is -0.613. The van der Waals surface area contributed by atoms with Crippen LogP contribution in [0.5, 0.6) is 5.88 Å². The van der Waals surface area contributed by atoms with Crippen LogP contribution in [0.3, 0.4) is 0 Å². The van der Waals surface area contributed by atoms with Crippen LogP contribution >= 0.6 is 22.6 Å². The lowest BCUT2D eigenvalue weighted by atomic mass is 10.1. The van der Waals surface area contributed by atoms with E-state index in [1.807, 2.05) is 0 Å². The summed E-state index contributed by atoms with van der Waals surface area (Å²) < 4.78 is 13.6. The Morgan fingerprint density at radius 2 is 1.75 bits per heavy atom. The number of aliphatic hydroxyl groups is 5. The lowest BCUT2D eigenvalue weighted by molar-refractivity contribution is -0.0511. The Bertz CT molecular complexity index is 1330. The number of aromatic hydroxyl groups is 1. The first-order valence-electron chi connectivity index (χ1n) is 10.6. The number of H-pyrrole nitrogens is 1. The van der Waals surface area contributed by atoms with E-state index in [0.29, 0.717) is 3.57 Å². The Morgan fingerprint density at radius 1 is 1.03 bits per heavy atom. The molecule has 2 saturated heterocycles. The van der Waals surface area contributed by atoms with Gasteiger partial charge in [-0.05, 0) is 22.6 Å². The smallest absolute Gasteiger partial charge is 0.330 e. The van der Waals surface area contributed by atoms with E-state index in [4.69, 9.17) is 19.7 Å². The van der Waals surface area contributed by atoms with Gasteiger partial charge in [0.2, 0.25) is 5.88 Å². The van der Waals surface area contributed by atoms with Crippen molar-refractivity contribution in [3.05, 3.63) is 43.3 Å². The lowest BCUT2D eigenvalue weighted by Gasteiger charge is -2.16. The van der Waals surface area contributed by atoms with Gasteiger partial charge < -0.3 is 40.1 Å². The molecule has 2 fully saturated rings. The van der Waals surface area contributed by atoms with Gasteiger partial charge in [0.1, 0.15) is 37.0 Å². The molecule has 0 radical (unpaired) electrons. The molecule has 0 aliphatic carbocycles. The maximum Gasteiger partial charge on any atom is 0.330 e. The van der Waals surface area contributed by atoms with Crippen LogP contribution in [0.4, 0.5) is 0 Å². The van der Waals surface area contributed by atoms with E-state index in [9.17, 15) is 30.0 Å². The van der Waals surface area contributed by atoms with Crippen molar-refractivity contribution in [2.45, 2.75) is 49.4 Å². The van der Waals surface area contributed by atoms with E-state index in [0.717, 1.165) is 6.33 Å². The molecule has 16 nitrogen and oxygen atoms in total. The number of nitrogens with zero attached hydrogens (tertiary/aromatic N) is 5. The Balaban J connectivity index is 0.000000170. The summed E-state index contributed by atoms with van der Waals surface area (Å²) in [5, 5.41) is 56.7. The number of aromatic amines is 1. The van der Waals surface area contributed by atoms with Gasteiger partial charge in [0.15, 0.2) is 17.4 Å². The third-order valence-electron chi connectivity index (χ3n) is 5.75. The van der Waals surface area contributed by atoms with E-state index in [1.165, 1.54) is 21.7 Å². The standard InChI is InChI=1S/C10H12N4O5.C9H11IN2O5/c15-1-4-6(16)7(17)10(19-4)14-3-13-5-8(14)11-2-12-9(5)18;10-4-2-12(9(16)11-8(4)15)7-1-5(14)6(3-13)17-7/h2-4,6-7,10,15-17H,1H2,(H,11,12,18);2,5-7,13-14H,1,3H2,(H,11,15,16)/t4-,6-,7-,10-;5-,6+,7+/m10/s1. The molecule has 36 heavy (non-hydrogen) atoms. The van der Waals surface area contributed by atoms with Crippen LogP contribution in [0.25, 0.3) is 11.2 Å². The van der Waals surface area contributed by atoms with Gasteiger partial charge >= 0.3 is 5.69 Å². The molecule has 0 spiro atoms. The third kappa shape index (κ3) is 5.00. The van der Waals surface area contributed by atoms with Gasteiger partial charge in [-0.1, -0.05) is 0 Å². The number of ether oxygens (including phenoxy) is 2. The average Bonchev–Trinajstić information content (AvgIpc) is 3.53. The fraction of sp³-hybridized carbons (Fsp3) is 0.526. The zero-order valence-electron chi connectivity index (χ0n) is 18.3. The molecular formula is C19H23IN6O10. The van der Waals surface area contributed by atoms with Crippen LogP contribution in [0.2, 0.25) is 0 Å². The summed E-state index contributed by atoms with van der Waals surface area (Å²) in [5.74, 6) is -0.282. The van der Waals surface area contributed by atoms with Crippen LogP contribution in [0.15, 0.2) is 28.4 Å². The first kappa shape index (κ1) is 26.5. The zero-order chi connectivity index (χ0) is 26.1. The molecular weight excluding hydrogens is 599 g/mol. The second kappa shape index (κ2) is 10.8. The SMILES string of the molecule is O=c1[nH]c(=O)n([C@H]2C[C@H](O)[C@@H](CO)O2)cc1I.OC[C@H]1O[C@@H](n2cnc3c(O)ncnc32)[C@H](O)[C@@H]1O. The van der Waals surface area contributed by atoms with Gasteiger partial charge in [0.25, 0.3) is 5.56 Å². The monoisotopic (exact) mass is 622 g/mol. The largest absolute Gasteiger partial charge is 0.492 e. The molecule has 0 amide bonds. The summed E-state index contributed by atoms with van der Waals surface area (Å²) in [6.07, 6.45) is -2.39. The second-order valence-electron chi connectivity index (χ2n) is 8.01. The summed E-state index contributed by atoms with van der Waals surface area (Å²) in [4.78, 5) is 36.4. The summed E-state index contributed by atoms with van der Waals surface area (Å²) in [6.45, 7) is -0.728. The van der Waals surface area contributed by atoms with Crippen molar-refractivity contribution in [3.63, 3.8) is 0 Å². The average molecular weight is 622 g/mol. The van der Waals surface area contributed by atoms with Crippen molar-refractivity contribution in [1.82, 2.24) is 29.1 Å². The molecule has 0 saturated carbocycles.